The second-order valence-electron chi connectivity index (χ2n) is 9.44. The van der Waals surface area contributed by atoms with Crippen molar-refractivity contribution in [3.63, 3.8) is 0 Å². The number of rotatable bonds is 15. The molecule has 0 aromatic heterocycles. The van der Waals surface area contributed by atoms with E-state index in [4.69, 9.17) is 15.2 Å². The van der Waals surface area contributed by atoms with E-state index in [9.17, 15) is 33.6 Å². The number of anilines is 1. The summed E-state index contributed by atoms with van der Waals surface area (Å²) in [7, 11) is 0. The van der Waals surface area contributed by atoms with Crippen LogP contribution < -0.4 is 21.7 Å². The quantitative estimate of drug-likeness (QED) is 0.158. The van der Waals surface area contributed by atoms with Gasteiger partial charge in [-0.15, -0.1) is 0 Å². The fraction of sp³-hybridized carbons (Fsp3) is 0.276. The molecule has 1 aliphatic rings. The molecule has 2 aromatic rings. The van der Waals surface area contributed by atoms with Crippen molar-refractivity contribution in [2.45, 2.75) is 38.6 Å². The zero-order valence-electron chi connectivity index (χ0n) is 23.2. The molecule has 0 spiro atoms. The van der Waals surface area contributed by atoms with Gasteiger partial charge in [0.05, 0.1) is 13.0 Å². The Morgan fingerprint density at radius 2 is 1.47 bits per heavy atom. The van der Waals surface area contributed by atoms with Crippen LogP contribution in [0.15, 0.2) is 66.7 Å². The lowest BCUT2D eigenvalue weighted by Gasteiger charge is -2.21. The number of imide groups is 1. The lowest BCUT2D eigenvalue weighted by Crippen LogP contribution is -2.53. The number of nitrogens with two attached hydrogens (primary N) is 1. The molecular weight excluding hydrogens is 562 g/mol. The number of carbonyl (C=O) groups excluding carboxylic acids is 7. The molecule has 2 aromatic carbocycles. The van der Waals surface area contributed by atoms with Crippen molar-refractivity contribution in [2.24, 2.45) is 5.73 Å². The van der Waals surface area contributed by atoms with Gasteiger partial charge in [0.2, 0.25) is 23.6 Å². The topological polar surface area (TPSA) is 203 Å². The third kappa shape index (κ3) is 10.5. The molecule has 14 nitrogen and oxygen atoms in total. The predicted molar refractivity (Wildman–Crippen MR) is 150 cm³/mol. The maximum atomic E-state index is 12.8. The van der Waals surface area contributed by atoms with Gasteiger partial charge in [-0.2, -0.15) is 0 Å². The van der Waals surface area contributed by atoms with E-state index in [0.29, 0.717) is 16.2 Å². The van der Waals surface area contributed by atoms with E-state index in [1.165, 1.54) is 6.92 Å². The second-order valence-corrected chi connectivity index (χ2v) is 9.44. The number of esters is 1. The molecule has 0 saturated heterocycles. The number of amides is 6. The van der Waals surface area contributed by atoms with Crippen LogP contribution in [0.4, 0.5) is 5.69 Å². The molecule has 0 fully saturated rings. The number of carbonyl (C=O) groups is 7. The first kappa shape index (κ1) is 32.1. The van der Waals surface area contributed by atoms with Crippen molar-refractivity contribution in [2.75, 3.05) is 18.5 Å². The van der Waals surface area contributed by atoms with Gasteiger partial charge in [-0.25, -0.2) is 4.79 Å². The third-order valence-corrected chi connectivity index (χ3v) is 5.96. The maximum Gasteiger partial charge on any atom is 0.332 e. The molecule has 3 rings (SSSR count). The third-order valence-electron chi connectivity index (χ3n) is 5.96. The van der Waals surface area contributed by atoms with E-state index in [1.807, 2.05) is 30.3 Å². The summed E-state index contributed by atoms with van der Waals surface area (Å²) < 4.78 is 10.5. The van der Waals surface area contributed by atoms with Gasteiger partial charge in [-0.3, -0.25) is 33.7 Å². The SMILES string of the molecule is C[C@H](NC(=O)CN1C(=O)C=CC1=O)C(=O)N[C@@H](CC(N)=O)C(=O)Nc1ccc(COCC(=O)OCc2ccccc2)cc1. The molecule has 43 heavy (non-hydrogen) atoms. The highest BCUT2D eigenvalue weighted by molar-refractivity contribution is 6.14. The largest absolute Gasteiger partial charge is 0.459 e. The first-order valence-electron chi connectivity index (χ1n) is 13.1. The number of nitrogens with one attached hydrogen (secondary N) is 3. The number of hydrogen-bond donors (Lipinski definition) is 4. The summed E-state index contributed by atoms with van der Waals surface area (Å²) in [5.41, 5.74) is 7.15. The highest BCUT2D eigenvalue weighted by Gasteiger charge is 2.29. The number of nitrogens with zero attached hydrogens (tertiary/aromatic N) is 1. The molecule has 14 heteroatoms. The smallest absolute Gasteiger partial charge is 0.332 e. The minimum absolute atomic E-state index is 0.106. The second kappa shape index (κ2) is 15.6. The summed E-state index contributed by atoms with van der Waals surface area (Å²) in [5.74, 6) is -5.01. The summed E-state index contributed by atoms with van der Waals surface area (Å²) in [6, 6.07) is 13.1. The van der Waals surface area contributed by atoms with Crippen molar-refractivity contribution in [3.8, 4) is 0 Å². The number of hydrogen-bond acceptors (Lipinski definition) is 9. The molecule has 226 valence electrons. The Morgan fingerprint density at radius 1 is 0.837 bits per heavy atom. The van der Waals surface area contributed by atoms with Gasteiger partial charge in [0.25, 0.3) is 11.8 Å². The van der Waals surface area contributed by atoms with E-state index in [2.05, 4.69) is 16.0 Å². The van der Waals surface area contributed by atoms with Crippen LogP contribution in [0.25, 0.3) is 0 Å². The van der Waals surface area contributed by atoms with Crippen LogP contribution >= 0.6 is 0 Å². The van der Waals surface area contributed by atoms with Gasteiger partial charge in [-0.05, 0) is 30.2 Å². The molecule has 1 heterocycles. The van der Waals surface area contributed by atoms with Crippen molar-refractivity contribution in [1.29, 1.82) is 0 Å². The summed E-state index contributed by atoms with van der Waals surface area (Å²) in [6.07, 6.45) is 1.52. The van der Waals surface area contributed by atoms with E-state index in [0.717, 1.165) is 17.7 Å². The van der Waals surface area contributed by atoms with Gasteiger partial charge in [-0.1, -0.05) is 42.5 Å². The average molecular weight is 594 g/mol. The molecule has 0 unspecified atom stereocenters. The van der Waals surface area contributed by atoms with Crippen LogP contribution in [-0.4, -0.2) is 71.5 Å². The fourth-order valence-electron chi connectivity index (χ4n) is 3.74. The monoisotopic (exact) mass is 593 g/mol. The van der Waals surface area contributed by atoms with Gasteiger partial charge >= 0.3 is 5.97 Å². The van der Waals surface area contributed by atoms with Crippen molar-refractivity contribution in [3.05, 3.63) is 77.9 Å². The maximum absolute atomic E-state index is 12.8. The number of benzene rings is 2. The van der Waals surface area contributed by atoms with Gasteiger partial charge < -0.3 is 31.2 Å². The van der Waals surface area contributed by atoms with Gasteiger partial charge in [0.15, 0.2) is 0 Å². The van der Waals surface area contributed by atoms with E-state index in [-0.39, 0.29) is 19.8 Å². The van der Waals surface area contributed by atoms with E-state index in [1.54, 1.807) is 24.3 Å². The fourth-order valence-corrected chi connectivity index (χ4v) is 3.74. The standard InChI is InChI=1S/C29H31N5O9/c1-18(31-24(36)14-34-25(37)11-12-26(34)38)28(40)33-22(13-23(30)35)29(41)32-21-9-7-20(8-10-21)15-42-17-27(39)43-16-19-5-3-2-4-6-19/h2-12,18,22H,13-17H2,1H3,(H2,30,35)(H,31,36)(H,32,41)(H,33,40)/t18-,22-/m0/s1. The van der Waals surface area contributed by atoms with E-state index >= 15 is 0 Å². The minimum atomic E-state index is -1.36. The summed E-state index contributed by atoms with van der Waals surface area (Å²) in [4.78, 5) is 85.0. The minimum Gasteiger partial charge on any atom is -0.459 e. The average Bonchev–Trinajstić information content (AvgIpc) is 3.28. The first-order valence-corrected chi connectivity index (χ1v) is 13.1. The highest BCUT2D eigenvalue weighted by Crippen LogP contribution is 2.12. The number of primary amides is 1. The van der Waals surface area contributed by atoms with Crippen molar-refractivity contribution in [1.82, 2.24) is 15.5 Å². The first-order chi connectivity index (χ1) is 20.5. The molecule has 0 bridgehead atoms. The molecule has 0 radical (unpaired) electrons. The van der Waals surface area contributed by atoms with Crippen LogP contribution in [0.1, 0.15) is 24.5 Å². The summed E-state index contributed by atoms with van der Waals surface area (Å²) in [6.45, 7) is 0.734. The van der Waals surface area contributed by atoms with Crippen molar-refractivity contribution >= 4 is 47.1 Å². The molecule has 1 aliphatic heterocycles. The Morgan fingerprint density at radius 3 is 2.09 bits per heavy atom. The molecule has 0 saturated carbocycles. The zero-order chi connectivity index (χ0) is 31.4. The van der Waals surface area contributed by atoms with Crippen LogP contribution in [0.3, 0.4) is 0 Å². The Kier molecular flexibility index (Phi) is 11.6. The Bertz CT molecular complexity index is 1370. The predicted octanol–water partition coefficient (Wildman–Crippen LogP) is -0.325. The molecular formula is C29H31N5O9. The summed E-state index contributed by atoms with van der Waals surface area (Å²) in [5, 5.41) is 7.26. The lowest BCUT2D eigenvalue weighted by atomic mass is 10.1. The lowest BCUT2D eigenvalue weighted by molar-refractivity contribution is -0.150. The normalized spacial score (nSPS) is 13.7. The molecule has 2 atom stereocenters. The van der Waals surface area contributed by atoms with Gasteiger partial charge in [0.1, 0.15) is 31.8 Å². The van der Waals surface area contributed by atoms with Crippen molar-refractivity contribution < 1.29 is 43.0 Å². The Labute approximate surface area is 246 Å². The highest BCUT2D eigenvalue weighted by atomic mass is 16.6. The molecule has 5 N–H and O–H groups in total. The van der Waals surface area contributed by atoms with Crippen LogP contribution in [0.2, 0.25) is 0 Å². The Hall–Kier alpha value is -5.37. The van der Waals surface area contributed by atoms with E-state index < -0.39 is 66.5 Å². The zero-order valence-corrected chi connectivity index (χ0v) is 23.2. The van der Waals surface area contributed by atoms with Crippen LogP contribution in [-0.2, 0) is 56.2 Å². The summed E-state index contributed by atoms with van der Waals surface area (Å²) >= 11 is 0. The number of ether oxygens (including phenoxy) is 2. The van der Waals surface area contributed by atoms with Crippen LogP contribution in [0, 0.1) is 0 Å². The van der Waals surface area contributed by atoms with Gasteiger partial charge in [0, 0.05) is 17.8 Å². The molecule has 6 amide bonds. The molecule has 0 aliphatic carbocycles. The van der Waals surface area contributed by atoms with Crippen LogP contribution in [0.5, 0.6) is 0 Å². The Balaban J connectivity index is 1.45.